The molecule has 0 saturated carbocycles. The first kappa shape index (κ1) is 17.7. The molecule has 22 heavy (non-hydrogen) atoms. The van der Waals surface area contributed by atoms with Crippen molar-refractivity contribution < 1.29 is 4.79 Å². The standard InChI is InChI=1S/C12H19B7ClNO/c13-3-1-11(18,19)2-12(21,10(3)22)4-5(14)6(15)7(16)8(17)9(4)20/h1H,2,13-19,21H2. The number of rotatable bonds is 1. The van der Waals surface area contributed by atoms with Crippen LogP contribution in [0.5, 0.6) is 0 Å². The average molecular weight is 304 g/mol. The second-order valence-corrected chi connectivity index (χ2v) is 7.86. The Balaban J connectivity index is 2.81. The molecular formula is C12H19B7ClNO. The van der Waals surface area contributed by atoms with Gasteiger partial charge >= 0.3 is 0 Å². The average Bonchev–Trinajstić information content (AvgIpc) is 2.39. The Morgan fingerprint density at radius 2 is 1.50 bits per heavy atom. The molecule has 2 nitrogen and oxygen atoms in total. The first-order chi connectivity index (χ1) is 9.92. The Labute approximate surface area is 144 Å². The van der Waals surface area contributed by atoms with Crippen molar-refractivity contribution in [1.29, 1.82) is 0 Å². The summed E-state index contributed by atoms with van der Waals surface area (Å²) in [6.45, 7) is 0. The molecule has 0 fully saturated rings. The van der Waals surface area contributed by atoms with Crippen LogP contribution < -0.4 is 27.6 Å². The summed E-state index contributed by atoms with van der Waals surface area (Å²) in [6.07, 6.45) is 2.59. The predicted molar refractivity (Wildman–Crippen MR) is 116 cm³/mol. The number of halogens is 1. The first-order valence-electron chi connectivity index (χ1n) is 7.72. The molecule has 1 unspecified atom stereocenters. The molecule has 0 aliphatic heterocycles. The fraction of sp³-hybridized carbons (Fsp3) is 0.250. The Bertz CT molecular complexity index is 689. The molecule has 10 heteroatoms. The lowest BCUT2D eigenvalue weighted by molar-refractivity contribution is -0.120. The summed E-state index contributed by atoms with van der Waals surface area (Å²) in [4.78, 5) is 12.9. The largest absolute Gasteiger partial charge is 0.315 e. The maximum Gasteiger partial charge on any atom is 0.173 e. The van der Waals surface area contributed by atoms with E-state index in [0.29, 0.717) is 11.4 Å². The van der Waals surface area contributed by atoms with Crippen LogP contribution in [0.25, 0.3) is 0 Å². The Morgan fingerprint density at radius 1 is 1.00 bits per heavy atom. The molecule has 1 atom stereocenters. The lowest BCUT2D eigenvalue weighted by atomic mass is 9.44. The van der Waals surface area contributed by atoms with Crippen molar-refractivity contribution in [2.24, 2.45) is 5.73 Å². The number of ketones is 1. The normalized spacial score (nSPS) is 24.1. The van der Waals surface area contributed by atoms with E-state index in [1.54, 1.807) is 0 Å². The highest BCUT2D eigenvalue weighted by Crippen LogP contribution is 2.42. The topological polar surface area (TPSA) is 43.1 Å². The quantitative estimate of drug-likeness (QED) is 0.524. The van der Waals surface area contributed by atoms with Gasteiger partial charge in [-0.05, 0) is 17.5 Å². The Hall–Kier alpha value is -0.665. The molecular weight excluding hydrogens is 285 g/mol. The zero-order valence-corrected chi connectivity index (χ0v) is 15.4. The minimum absolute atomic E-state index is 0.0144. The number of hydrogen-bond acceptors (Lipinski definition) is 2. The third kappa shape index (κ3) is 2.57. The van der Waals surface area contributed by atoms with Crippen molar-refractivity contribution in [3.63, 3.8) is 0 Å². The van der Waals surface area contributed by atoms with Crippen LogP contribution >= 0.6 is 11.6 Å². The summed E-state index contributed by atoms with van der Waals surface area (Å²) in [7, 11) is 14.2. The van der Waals surface area contributed by atoms with Gasteiger partial charge in [0.05, 0.1) is 0 Å². The van der Waals surface area contributed by atoms with E-state index in [1.807, 2.05) is 29.6 Å². The number of Topliss-reactive ketones (excluding diaryl/α,β-unsaturated/α-hetero) is 1. The molecule has 0 bridgehead atoms. The van der Waals surface area contributed by atoms with Gasteiger partial charge in [0.15, 0.2) is 5.78 Å². The van der Waals surface area contributed by atoms with E-state index < -0.39 is 5.54 Å². The smallest absolute Gasteiger partial charge is 0.173 e. The summed E-state index contributed by atoms with van der Waals surface area (Å²) in [5.74, 6) is -0.0144. The minimum Gasteiger partial charge on any atom is -0.315 e. The molecule has 0 amide bonds. The molecule has 1 aliphatic rings. The fourth-order valence-electron chi connectivity index (χ4n) is 3.85. The van der Waals surface area contributed by atoms with Crippen molar-refractivity contribution >= 4 is 94.2 Å². The molecule has 1 aromatic carbocycles. The summed E-state index contributed by atoms with van der Waals surface area (Å²) in [5.41, 5.74) is 11.6. The Kier molecular flexibility index (Phi) is 4.38. The van der Waals surface area contributed by atoms with E-state index in [2.05, 4.69) is 31.4 Å². The number of allylic oxidation sites excluding steroid dienone is 1. The molecule has 0 spiro atoms. The van der Waals surface area contributed by atoms with Crippen molar-refractivity contribution in [2.75, 3.05) is 0 Å². The van der Waals surface area contributed by atoms with Crippen LogP contribution in [0, 0.1) is 0 Å². The highest BCUT2D eigenvalue weighted by atomic mass is 35.5. The molecule has 0 aromatic heterocycles. The molecule has 0 saturated heterocycles. The maximum atomic E-state index is 12.9. The van der Waals surface area contributed by atoms with E-state index in [4.69, 9.17) is 17.3 Å². The Morgan fingerprint density at radius 3 is 2.05 bits per heavy atom. The van der Waals surface area contributed by atoms with Crippen LogP contribution in [-0.4, -0.2) is 60.7 Å². The van der Waals surface area contributed by atoms with Crippen LogP contribution in [0.15, 0.2) is 11.5 Å². The van der Waals surface area contributed by atoms with Gasteiger partial charge in [0.1, 0.15) is 60.5 Å². The van der Waals surface area contributed by atoms with Gasteiger partial charge in [0, 0.05) is 5.02 Å². The van der Waals surface area contributed by atoms with Crippen LogP contribution in [0.4, 0.5) is 0 Å². The number of hydrogen-bond donors (Lipinski definition) is 1. The third-order valence-corrected chi connectivity index (χ3v) is 5.63. The van der Waals surface area contributed by atoms with Crippen LogP contribution in [0.2, 0.25) is 10.2 Å². The SMILES string of the molecule is BC1=CC(B)(B)CC(N)(c2c(B)c(B)c(B)c(B)c2Cl)C1=O. The van der Waals surface area contributed by atoms with E-state index in [0.717, 1.165) is 22.0 Å². The van der Waals surface area contributed by atoms with Gasteiger partial charge in [-0.2, -0.15) is 0 Å². The molecule has 0 heterocycles. The van der Waals surface area contributed by atoms with Crippen molar-refractivity contribution in [2.45, 2.75) is 17.2 Å². The van der Waals surface area contributed by atoms with Gasteiger partial charge in [-0.25, -0.2) is 0 Å². The van der Waals surface area contributed by atoms with Gasteiger partial charge in [-0.15, -0.1) is 10.9 Å². The first-order valence-corrected chi connectivity index (χ1v) is 8.09. The van der Waals surface area contributed by atoms with E-state index in [-0.39, 0.29) is 11.0 Å². The lowest BCUT2D eigenvalue weighted by Crippen LogP contribution is -2.58. The second kappa shape index (κ2) is 5.45. The maximum absolute atomic E-state index is 12.9. The van der Waals surface area contributed by atoms with Gasteiger partial charge < -0.3 is 5.73 Å². The molecule has 1 aromatic rings. The van der Waals surface area contributed by atoms with Crippen LogP contribution in [0.3, 0.4) is 0 Å². The lowest BCUT2D eigenvalue weighted by Gasteiger charge is -2.42. The van der Waals surface area contributed by atoms with Crippen molar-refractivity contribution in [3.05, 3.63) is 22.1 Å². The fourth-order valence-corrected chi connectivity index (χ4v) is 4.30. The van der Waals surface area contributed by atoms with E-state index in [1.165, 1.54) is 10.9 Å². The van der Waals surface area contributed by atoms with E-state index >= 15 is 0 Å². The molecule has 106 valence electrons. The molecule has 2 N–H and O–H groups in total. The van der Waals surface area contributed by atoms with Crippen molar-refractivity contribution in [1.82, 2.24) is 0 Å². The second-order valence-electron chi connectivity index (χ2n) is 7.48. The number of nitrogens with two attached hydrogens (primary N) is 1. The third-order valence-electron chi connectivity index (χ3n) is 5.16. The van der Waals surface area contributed by atoms with Crippen LogP contribution in [-0.2, 0) is 10.3 Å². The zero-order chi connectivity index (χ0) is 17.0. The monoisotopic (exact) mass is 305 g/mol. The van der Waals surface area contributed by atoms with Gasteiger partial charge in [-0.1, -0.05) is 33.8 Å². The summed E-state index contributed by atoms with van der Waals surface area (Å²) >= 11 is 6.65. The zero-order valence-electron chi connectivity index (χ0n) is 14.6. The van der Waals surface area contributed by atoms with Gasteiger partial charge in [-0.3, -0.25) is 4.79 Å². The summed E-state index contributed by atoms with van der Waals surface area (Å²) in [6, 6.07) is 0. The highest BCUT2D eigenvalue weighted by molar-refractivity contribution is 6.66. The van der Waals surface area contributed by atoms with Gasteiger partial charge in [0.25, 0.3) is 0 Å². The van der Waals surface area contributed by atoms with Crippen LogP contribution in [0.1, 0.15) is 12.0 Å². The number of benzene rings is 1. The summed E-state index contributed by atoms with van der Waals surface area (Å²) in [5, 5.41) is 0.511. The minimum atomic E-state index is -1.05. The number of carbonyl (C=O) groups is 1. The molecule has 0 radical (unpaired) electrons. The predicted octanol–water partition coefficient (Wildman–Crippen LogP) is -7.60. The van der Waals surface area contributed by atoms with Gasteiger partial charge in [0.2, 0.25) is 0 Å². The number of carbonyl (C=O) groups excluding carboxylic acids is 1. The van der Waals surface area contributed by atoms with Crippen molar-refractivity contribution in [3.8, 4) is 0 Å². The molecule has 1 aliphatic carbocycles. The highest BCUT2D eigenvalue weighted by Gasteiger charge is 2.46. The molecule has 2 rings (SSSR count). The van der Waals surface area contributed by atoms with E-state index in [9.17, 15) is 4.79 Å². The summed E-state index contributed by atoms with van der Waals surface area (Å²) < 4.78 is 0.